The number of nitrogens with one attached hydrogen (secondary N) is 1. The monoisotopic (exact) mass is 325 g/mol. The highest BCUT2D eigenvalue weighted by molar-refractivity contribution is 8.18. The van der Waals surface area contributed by atoms with Crippen molar-refractivity contribution in [1.29, 1.82) is 0 Å². The van der Waals surface area contributed by atoms with Crippen molar-refractivity contribution in [2.24, 2.45) is 0 Å². The summed E-state index contributed by atoms with van der Waals surface area (Å²) in [5.41, 5.74) is 2.09. The summed E-state index contributed by atoms with van der Waals surface area (Å²) in [5, 5.41) is 1.90. The maximum absolute atomic E-state index is 11.5. The van der Waals surface area contributed by atoms with E-state index in [1.807, 2.05) is 42.5 Å². The molecule has 0 atom stereocenters. The molecule has 1 N–H and O–H groups in total. The van der Waals surface area contributed by atoms with Crippen molar-refractivity contribution in [1.82, 2.24) is 5.32 Å². The fraction of sp³-hybridized carbons (Fsp3) is 0.111. The van der Waals surface area contributed by atoms with Gasteiger partial charge in [-0.15, -0.1) is 0 Å². The minimum atomic E-state index is -0.344. The van der Waals surface area contributed by atoms with Gasteiger partial charge in [0, 0.05) is 6.42 Å². The van der Waals surface area contributed by atoms with Gasteiger partial charge in [-0.1, -0.05) is 42.5 Å². The second kappa shape index (κ2) is 7.15. The Morgan fingerprint density at radius 3 is 2.39 bits per heavy atom. The first-order valence-electron chi connectivity index (χ1n) is 7.22. The van der Waals surface area contributed by atoms with Gasteiger partial charge >= 0.3 is 0 Å². The van der Waals surface area contributed by atoms with Gasteiger partial charge in [0.05, 0.1) is 11.5 Å². The SMILES string of the molecule is O=C1NC(=O)/C(=C/c2ccc(OCCc3ccccc3)cc2)S1. The normalized spacial score (nSPS) is 15.7. The van der Waals surface area contributed by atoms with Crippen LogP contribution in [0.2, 0.25) is 0 Å². The van der Waals surface area contributed by atoms with Crippen LogP contribution in [0, 0.1) is 0 Å². The lowest BCUT2D eigenvalue weighted by Crippen LogP contribution is -2.17. The zero-order valence-electron chi connectivity index (χ0n) is 12.3. The van der Waals surface area contributed by atoms with E-state index in [1.165, 1.54) is 5.56 Å². The Kier molecular flexibility index (Phi) is 4.78. The van der Waals surface area contributed by atoms with Gasteiger partial charge in [-0.2, -0.15) is 0 Å². The standard InChI is InChI=1S/C18H15NO3S/c20-17-16(23-18(21)19-17)12-14-6-8-15(9-7-14)22-11-10-13-4-2-1-3-5-13/h1-9,12H,10-11H2,(H,19,20,21)/b16-12-. The van der Waals surface area contributed by atoms with Crippen molar-refractivity contribution in [3.8, 4) is 5.75 Å². The zero-order valence-corrected chi connectivity index (χ0v) is 13.1. The Balaban J connectivity index is 1.56. The van der Waals surface area contributed by atoms with Crippen LogP contribution in [0.3, 0.4) is 0 Å². The molecule has 0 saturated carbocycles. The van der Waals surface area contributed by atoms with Crippen LogP contribution in [0.4, 0.5) is 4.79 Å². The molecule has 0 aromatic heterocycles. The molecule has 5 heteroatoms. The van der Waals surface area contributed by atoms with E-state index in [0.717, 1.165) is 29.5 Å². The largest absolute Gasteiger partial charge is 0.493 e. The van der Waals surface area contributed by atoms with Gasteiger partial charge < -0.3 is 4.74 Å². The molecule has 1 fully saturated rings. The molecule has 0 unspecified atom stereocenters. The third-order valence-electron chi connectivity index (χ3n) is 3.32. The van der Waals surface area contributed by atoms with E-state index in [0.29, 0.717) is 11.5 Å². The number of thioether (sulfide) groups is 1. The van der Waals surface area contributed by atoms with Gasteiger partial charge in [0.2, 0.25) is 0 Å². The Morgan fingerprint density at radius 2 is 1.74 bits per heavy atom. The van der Waals surface area contributed by atoms with Crippen LogP contribution in [0.5, 0.6) is 5.75 Å². The van der Waals surface area contributed by atoms with E-state index in [4.69, 9.17) is 4.74 Å². The average molecular weight is 325 g/mol. The molecule has 116 valence electrons. The number of hydrogen-bond donors (Lipinski definition) is 1. The van der Waals surface area contributed by atoms with Crippen LogP contribution in [-0.2, 0) is 11.2 Å². The van der Waals surface area contributed by atoms with Crippen LogP contribution in [0.15, 0.2) is 59.5 Å². The first kappa shape index (κ1) is 15.4. The fourth-order valence-electron chi connectivity index (χ4n) is 2.16. The van der Waals surface area contributed by atoms with Crippen LogP contribution >= 0.6 is 11.8 Å². The number of imide groups is 1. The van der Waals surface area contributed by atoms with Crippen molar-refractivity contribution in [2.45, 2.75) is 6.42 Å². The number of benzene rings is 2. The summed E-state index contributed by atoms with van der Waals surface area (Å²) in [6.07, 6.45) is 2.55. The molecule has 0 bridgehead atoms. The summed E-state index contributed by atoms with van der Waals surface area (Å²) in [6.45, 7) is 0.608. The van der Waals surface area contributed by atoms with Crippen LogP contribution in [0.1, 0.15) is 11.1 Å². The summed E-state index contributed by atoms with van der Waals surface area (Å²) in [6, 6.07) is 17.6. The van der Waals surface area contributed by atoms with Crippen molar-refractivity contribution in [2.75, 3.05) is 6.61 Å². The Bertz CT molecular complexity index is 739. The molecule has 0 aliphatic carbocycles. The summed E-state index contributed by atoms with van der Waals surface area (Å²) < 4.78 is 5.71. The maximum atomic E-state index is 11.5. The fourth-order valence-corrected chi connectivity index (χ4v) is 2.85. The molecule has 1 aliphatic rings. The van der Waals surface area contributed by atoms with E-state index in [9.17, 15) is 9.59 Å². The molecule has 3 rings (SSSR count). The number of hydrogen-bond acceptors (Lipinski definition) is 4. The lowest BCUT2D eigenvalue weighted by Gasteiger charge is -2.06. The first-order chi connectivity index (χ1) is 11.2. The van der Waals surface area contributed by atoms with E-state index in [-0.39, 0.29) is 11.1 Å². The Labute approximate surface area is 138 Å². The second-order valence-electron chi connectivity index (χ2n) is 5.01. The minimum Gasteiger partial charge on any atom is -0.493 e. The van der Waals surface area contributed by atoms with Crippen LogP contribution < -0.4 is 10.1 Å². The highest BCUT2D eigenvalue weighted by Crippen LogP contribution is 2.26. The molecule has 1 saturated heterocycles. The molecule has 4 nitrogen and oxygen atoms in total. The Hall–Kier alpha value is -2.53. The molecule has 1 aliphatic heterocycles. The van der Waals surface area contributed by atoms with E-state index in [1.54, 1.807) is 6.08 Å². The number of ether oxygens (including phenoxy) is 1. The van der Waals surface area contributed by atoms with E-state index < -0.39 is 0 Å². The molecule has 1 heterocycles. The summed E-state index contributed by atoms with van der Waals surface area (Å²) in [5.74, 6) is 0.436. The minimum absolute atomic E-state index is 0.331. The predicted octanol–water partition coefficient (Wildman–Crippen LogP) is 3.63. The van der Waals surface area contributed by atoms with Crippen LogP contribution in [0.25, 0.3) is 6.08 Å². The number of carbonyl (C=O) groups excluding carboxylic acids is 2. The topological polar surface area (TPSA) is 55.4 Å². The Morgan fingerprint density at radius 1 is 1.00 bits per heavy atom. The molecule has 0 radical (unpaired) electrons. The second-order valence-corrected chi connectivity index (χ2v) is 6.02. The molecular weight excluding hydrogens is 310 g/mol. The molecule has 2 aromatic carbocycles. The van der Waals surface area contributed by atoms with Crippen LogP contribution in [-0.4, -0.2) is 17.8 Å². The molecule has 0 spiro atoms. The van der Waals surface area contributed by atoms with Gasteiger partial charge in [-0.25, -0.2) is 0 Å². The number of carbonyl (C=O) groups is 2. The van der Waals surface area contributed by atoms with Crippen molar-refractivity contribution in [3.05, 3.63) is 70.6 Å². The molecular formula is C18H15NO3S. The van der Waals surface area contributed by atoms with Gasteiger partial charge in [-0.3, -0.25) is 14.9 Å². The highest BCUT2D eigenvalue weighted by Gasteiger charge is 2.24. The predicted molar refractivity (Wildman–Crippen MR) is 91.2 cm³/mol. The third kappa shape index (κ3) is 4.23. The quantitative estimate of drug-likeness (QED) is 0.853. The zero-order chi connectivity index (χ0) is 16.1. The summed E-state index contributed by atoms with van der Waals surface area (Å²) in [4.78, 5) is 23.0. The lowest BCUT2D eigenvalue weighted by molar-refractivity contribution is -0.115. The first-order valence-corrected chi connectivity index (χ1v) is 8.04. The molecule has 23 heavy (non-hydrogen) atoms. The summed E-state index contributed by atoms with van der Waals surface area (Å²) >= 11 is 0.914. The van der Waals surface area contributed by atoms with Crippen molar-refractivity contribution < 1.29 is 14.3 Å². The van der Waals surface area contributed by atoms with Gasteiger partial charge in [0.25, 0.3) is 11.1 Å². The van der Waals surface area contributed by atoms with Gasteiger partial charge in [0.15, 0.2) is 0 Å². The third-order valence-corrected chi connectivity index (χ3v) is 4.13. The maximum Gasteiger partial charge on any atom is 0.290 e. The highest BCUT2D eigenvalue weighted by atomic mass is 32.2. The van der Waals surface area contributed by atoms with E-state index in [2.05, 4.69) is 17.4 Å². The smallest absolute Gasteiger partial charge is 0.290 e. The molecule has 2 aromatic rings. The number of rotatable bonds is 5. The molecule has 2 amide bonds. The van der Waals surface area contributed by atoms with Gasteiger partial charge in [0.1, 0.15) is 5.75 Å². The van der Waals surface area contributed by atoms with Crippen molar-refractivity contribution in [3.63, 3.8) is 0 Å². The van der Waals surface area contributed by atoms with Crippen molar-refractivity contribution >= 4 is 29.0 Å². The average Bonchev–Trinajstić information content (AvgIpc) is 2.88. The van der Waals surface area contributed by atoms with E-state index >= 15 is 0 Å². The lowest BCUT2D eigenvalue weighted by atomic mass is 10.2. The summed E-state index contributed by atoms with van der Waals surface area (Å²) in [7, 11) is 0. The number of amides is 2. The van der Waals surface area contributed by atoms with Gasteiger partial charge in [-0.05, 0) is 41.1 Å².